The first-order chi connectivity index (χ1) is 2.00. The van der Waals surface area contributed by atoms with E-state index >= 15 is 0 Å². The molecule has 0 N–H and O–H groups in total. The van der Waals surface area contributed by atoms with Gasteiger partial charge in [0.1, 0.15) is 0 Å². The van der Waals surface area contributed by atoms with Crippen molar-refractivity contribution in [1.82, 2.24) is 0 Å². The molecule has 0 heterocycles. The molecule has 0 aromatic carbocycles. The van der Waals surface area contributed by atoms with E-state index in [9.17, 15) is 0 Å². The van der Waals surface area contributed by atoms with Crippen LogP contribution in [-0.2, 0) is 119 Å². The molecule has 0 fully saturated rings. The van der Waals surface area contributed by atoms with Gasteiger partial charge in [-0.2, -0.15) is 0 Å². The Kier molecular flexibility index (Phi) is 68.5. The normalized spacial score (nSPS) is 5.80. The second-order valence-corrected chi connectivity index (χ2v) is 3.34. The standard InChI is InChI=1S/4Ag.5O.W/q4*+1;;;-2;2*-1;. The zero-order valence-corrected chi connectivity index (χ0v) is 12.5. The molecule has 0 atom stereocenters. The van der Waals surface area contributed by atoms with Crippen molar-refractivity contribution in [2.75, 3.05) is 0 Å². The Morgan fingerprint density at radius 1 is 0.800 bits per heavy atom. The summed E-state index contributed by atoms with van der Waals surface area (Å²) in [4.78, 5) is 0. The van der Waals surface area contributed by atoms with Gasteiger partial charge in [0, 0.05) is 0 Å². The van der Waals surface area contributed by atoms with E-state index in [1.165, 1.54) is 0 Å². The van der Waals surface area contributed by atoms with E-state index < -0.39 is 16.7 Å². The van der Waals surface area contributed by atoms with Crippen LogP contribution in [0.15, 0.2) is 0 Å². The summed E-state index contributed by atoms with van der Waals surface area (Å²) in [7, 11) is 0. The van der Waals surface area contributed by atoms with E-state index in [0.29, 0.717) is 0 Å². The second kappa shape index (κ2) is 18.0. The Labute approximate surface area is 124 Å². The van der Waals surface area contributed by atoms with Crippen molar-refractivity contribution >= 4 is 0 Å². The summed E-state index contributed by atoms with van der Waals surface area (Å²) < 4.78 is 34.6. The maximum atomic E-state index is 8.65. The molecule has 0 saturated heterocycles. The van der Waals surface area contributed by atoms with Gasteiger partial charge in [0.2, 0.25) is 0 Å². The third-order valence-corrected chi connectivity index (χ3v) is 0. The van der Waals surface area contributed by atoms with E-state index in [2.05, 4.69) is 0 Å². The van der Waals surface area contributed by atoms with Crippen molar-refractivity contribution in [2.24, 2.45) is 0 Å². The zero-order chi connectivity index (χ0) is 4.50. The number of hydrogen-bond donors (Lipinski definition) is 0. The van der Waals surface area contributed by atoms with Crippen LogP contribution in [-0.4, -0.2) is 0 Å². The van der Waals surface area contributed by atoms with Gasteiger partial charge >= 0.3 is 121 Å². The zero-order valence-electron chi connectivity index (χ0n) is 3.66. The van der Waals surface area contributed by atoms with Crippen molar-refractivity contribution in [3.05, 3.63) is 0 Å². The molecule has 0 radical (unpaired) electrons. The second-order valence-electron chi connectivity index (χ2n) is 0.408. The van der Waals surface area contributed by atoms with Gasteiger partial charge < -0.3 is 5.48 Å². The molecule has 0 aliphatic rings. The summed E-state index contributed by atoms with van der Waals surface area (Å²) in [6.07, 6.45) is 0. The third kappa shape index (κ3) is 117. The Bertz CT molecular complexity index is 96.8. The molecule has 0 aliphatic carbocycles. The van der Waals surface area contributed by atoms with E-state index in [0.717, 1.165) is 0 Å². The fraction of sp³-hybridized carbons (Fsp3) is 0. The Balaban J connectivity index is -0.00000000800. The molecular formula is Ag4O5W. The van der Waals surface area contributed by atoms with Crippen LogP contribution in [0.5, 0.6) is 0 Å². The van der Waals surface area contributed by atoms with Crippen LogP contribution < -0.4 is 7.52 Å². The summed E-state index contributed by atoms with van der Waals surface area (Å²) >= 11 is -6.17. The molecule has 80 valence electrons. The molecule has 5 nitrogen and oxygen atoms in total. The van der Waals surface area contributed by atoms with Crippen LogP contribution in [0.3, 0.4) is 0 Å². The topological polar surface area (TPSA) is 109 Å². The van der Waals surface area contributed by atoms with Gasteiger partial charge in [-0.15, -0.1) is 0 Å². The first kappa shape index (κ1) is 38.0. The van der Waals surface area contributed by atoms with Crippen molar-refractivity contribution in [1.29, 1.82) is 0 Å². The molecule has 0 unspecified atom stereocenters. The molecule has 0 aliphatic heterocycles. The van der Waals surface area contributed by atoms with Crippen LogP contribution in [0.4, 0.5) is 0 Å². The molecule has 0 saturated carbocycles. The van der Waals surface area contributed by atoms with Crippen LogP contribution >= 0.6 is 0 Å². The molecule has 10 heavy (non-hydrogen) atoms. The van der Waals surface area contributed by atoms with E-state index in [-0.39, 0.29) is 95.0 Å². The van der Waals surface area contributed by atoms with E-state index in [1.807, 2.05) is 0 Å². The van der Waals surface area contributed by atoms with Crippen molar-refractivity contribution in [3.8, 4) is 0 Å². The predicted octanol–water partition coefficient (Wildman–Crippen LogP) is -2.75. The maximum absolute atomic E-state index is 8.65. The SMILES string of the molecule is [Ag+].[Ag+].[Ag+].[Ag+].[O-2].[O]=[W](=[O])([O-])[O-]. The van der Waals surface area contributed by atoms with Crippen LogP contribution in [0, 0.1) is 0 Å². The molecule has 10 heteroatoms. The summed E-state index contributed by atoms with van der Waals surface area (Å²) in [5.41, 5.74) is 0. The minimum absolute atomic E-state index is 0. The first-order valence-corrected chi connectivity index (χ1v) is 5.46. The molecular weight excluding hydrogens is 695 g/mol. The van der Waals surface area contributed by atoms with Gasteiger partial charge in [0.15, 0.2) is 0 Å². The Morgan fingerprint density at radius 3 is 0.800 bits per heavy atom. The molecule has 0 amide bonds. The van der Waals surface area contributed by atoms with Crippen LogP contribution in [0.25, 0.3) is 0 Å². The van der Waals surface area contributed by atoms with Gasteiger partial charge in [-0.05, 0) is 0 Å². The Hall–Kier alpha value is 3.13. The number of rotatable bonds is 0. The van der Waals surface area contributed by atoms with Gasteiger partial charge in [-0.1, -0.05) is 0 Å². The molecule has 0 bridgehead atoms. The number of hydrogen-bond acceptors (Lipinski definition) is 4. The van der Waals surface area contributed by atoms with Crippen LogP contribution in [0.2, 0.25) is 0 Å². The van der Waals surface area contributed by atoms with Gasteiger partial charge in [0.25, 0.3) is 0 Å². The van der Waals surface area contributed by atoms with Gasteiger partial charge in [0.05, 0.1) is 0 Å². The van der Waals surface area contributed by atoms with Crippen molar-refractivity contribution in [3.63, 3.8) is 0 Å². The Morgan fingerprint density at radius 2 is 0.800 bits per heavy atom. The average molecular weight is 695 g/mol. The molecule has 0 aromatic rings. The fourth-order valence-electron chi connectivity index (χ4n) is 0. The van der Waals surface area contributed by atoms with Crippen molar-refractivity contribution < 1.29 is 126 Å². The summed E-state index contributed by atoms with van der Waals surface area (Å²) in [5.74, 6) is 0. The molecule has 0 aromatic heterocycles. The summed E-state index contributed by atoms with van der Waals surface area (Å²) in [5, 5.41) is 0. The van der Waals surface area contributed by atoms with Crippen molar-refractivity contribution in [2.45, 2.75) is 0 Å². The third-order valence-electron chi connectivity index (χ3n) is 0. The fourth-order valence-corrected chi connectivity index (χ4v) is 0. The summed E-state index contributed by atoms with van der Waals surface area (Å²) in [6, 6.07) is 0. The van der Waals surface area contributed by atoms with Gasteiger partial charge in [-0.3, -0.25) is 0 Å². The van der Waals surface area contributed by atoms with E-state index in [4.69, 9.17) is 14.3 Å². The first-order valence-electron chi connectivity index (χ1n) is 0.667. The molecule has 0 spiro atoms. The predicted molar refractivity (Wildman–Crippen MR) is 2.06 cm³/mol. The quantitative estimate of drug-likeness (QED) is 0.257. The minimum atomic E-state index is -6.17. The molecule has 0 rings (SSSR count). The van der Waals surface area contributed by atoms with Gasteiger partial charge in [-0.25, -0.2) is 0 Å². The monoisotopic (exact) mass is 692 g/mol. The van der Waals surface area contributed by atoms with E-state index in [1.54, 1.807) is 0 Å². The summed E-state index contributed by atoms with van der Waals surface area (Å²) in [6.45, 7) is 0. The van der Waals surface area contributed by atoms with Crippen LogP contribution in [0.1, 0.15) is 0 Å². The average Bonchev–Trinajstić information content (AvgIpc) is 0.722.